The van der Waals surface area contributed by atoms with Crippen molar-refractivity contribution in [3.8, 4) is 0 Å². The van der Waals surface area contributed by atoms with Crippen molar-refractivity contribution in [1.29, 1.82) is 0 Å². The summed E-state index contributed by atoms with van der Waals surface area (Å²) in [6.45, 7) is 7.16. The summed E-state index contributed by atoms with van der Waals surface area (Å²) in [5, 5.41) is 18.6. The van der Waals surface area contributed by atoms with Crippen molar-refractivity contribution in [2.24, 2.45) is 0 Å². The van der Waals surface area contributed by atoms with Crippen LogP contribution in [0.1, 0.15) is 34.1 Å². The standard InChI is InChI=1S/C11H22O5/c1-10(2,13)15-8(5-6-12)9-7-14-11(3,4)16-9/h8-9,12-13H,5-7H2,1-4H3. The first-order valence-corrected chi connectivity index (χ1v) is 5.56. The quantitative estimate of drug-likeness (QED) is 0.683. The summed E-state index contributed by atoms with van der Waals surface area (Å²) in [6.07, 6.45) is -0.214. The molecular weight excluding hydrogens is 212 g/mol. The van der Waals surface area contributed by atoms with Crippen LogP contribution in [0.15, 0.2) is 0 Å². The van der Waals surface area contributed by atoms with Gasteiger partial charge in [-0.25, -0.2) is 0 Å². The smallest absolute Gasteiger partial charge is 0.163 e. The number of hydrogen-bond donors (Lipinski definition) is 2. The third-order valence-electron chi connectivity index (χ3n) is 2.30. The SMILES string of the molecule is CC(C)(O)OC(CCO)C1COC(C)(C)O1. The average molecular weight is 234 g/mol. The molecular formula is C11H22O5. The van der Waals surface area contributed by atoms with Gasteiger partial charge in [0.15, 0.2) is 11.6 Å². The van der Waals surface area contributed by atoms with E-state index >= 15 is 0 Å². The highest BCUT2D eigenvalue weighted by Gasteiger charge is 2.39. The molecule has 1 aliphatic rings. The van der Waals surface area contributed by atoms with E-state index in [9.17, 15) is 5.11 Å². The Bertz CT molecular complexity index is 221. The Morgan fingerprint density at radius 3 is 2.50 bits per heavy atom. The fourth-order valence-electron chi connectivity index (χ4n) is 1.72. The van der Waals surface area contributed by atoms with Crippen LogP contribution in [0.4, 0.5) is 0 Å². The third kappa shape index (κ3) is 4.35. The van der Waals surface area contributed by atoms with E-state index in [-0.39, 0.29) is 18.8 Å². The zero-order valence-electron chi connectivity index (χ0n) is 10.4. The fourth-order valence-corrected chi connectivity index (χ4v) is 1.72. The molecule has 1 fully saturated rings. The van der Waals surface area contributed by atoms with Crippen LogP contribution in [0, 0.1) is 0 Å². The Kier molecular flexibility index (Phi) is 4.31. The van der Waals surface area contributed by atoms with Gasteiger partial charge in [0.1, 0.15) is 6.10 Å². The first kappa shape index (κ1) is 13.9. The summed E-state index contributed by atoms with van der Waals surface area (Å²) < 4.78 is 16.5. The number of aliphatic hydroxyl groups is 2. The molecule has 2 unspecified atom stereocenters. The largest absolute Gasteiger partial charge is 0.396 e. The first-order valence-electron chi connectivity index (χ1n) is 5.56. The highest BCUT2D eigenvalue weighted by atomic mass is 16.8. The highest BCUT2D eigenvalue weighted by Crippen LogP contribution is 2.28. The zero-order chi connectivity index (χ0) is 12.4. The van der Waals surface area contributed by atoms with E-state index in [1.54, 1.807) is 13.8 Å². The van der Waals surface area contributed by atoms with Crippen molar-refractivity contribution in [3.05, 3.63) is 0 Å². The average Bonchev–Trinajstić information content (AvgIpc) is 2.43. The molecule has 0 aromatic heterocycles. The predicted octanol–water partition coefficient (Wildman–Crippen LogP) is 0.634. The summed E-state index contributed by atoms with van der Waals surface area (Å²) in [5.74, 6) is -1.86. The second-order valence-corrected chi connectivity index (χ2v) is 4.98. The van der Waals surface area contributed by atoms with Crippen molar-refractivity contribution < 1.29 is 24.4 Å². The Morgan fingerprint density at radius 1 is 1.50 bits per heavy atom. The maximum atomic E-state index is 9.60. The van der Waals surface area contributed by atoms with Gasteiger partial charge < -0.3 is 24.4 Å². The molecule has 0 aliphatic carbocycles. The number of aliphatic hydroxyl groups excluding tert-OH is 1. The van der Waals surface area contributed by atoms with Crippen molar-refractivity contribution in [3.63, 3.8) is 0 Å². The van der Waals surface area contributed by atoms with Gasteiger partial charge in [-0.2, -0.15) is 0 Å². The lowest BCUT2D eigenvalue weighted by Crippen LogP contribution is -2.40. The Morgan fingerprint density at radius 2 is 2.12 bits per heavy atom. The molecule has 1 saturated heterocycles. The van der Waals surface area contributed by atoms with E-state index in [2.05, 4.69) is 0 Å². The van der Waals surface area contributed by atoms with E-state index in [4.69, 9.17) is 19.3 Å². The molecule has 1 rings (SSSR count). The molecule has 1 aliphatic heterocycles. The van der Waals surface area contributed by atoms with Crippen molar-refractivity contribution >= 4 is 0 Å². The Hall–Kier alpha value is -0.200. The second-order valence-electron chi connectivity index (χ2n) is 4.98. The summed E-state index contributed by atoms with van der Waals surface area (Å²) >= 11 is 0. The Labute approximate surface area is 96.3 Å². The molecule has 0 spiro atoms. The topological polar surface area (TPSA) is 68.2 Å². The monoisotopic (exact) mass is 234 g/mol. The Balaban J connectivity index is 2.57. The van der Waals surface area contributed by atoms with Crippen molar-refractivity contribution in [2.45, 2.75) is 57.9 Å². The van der Waals surface area contributed by atoms with Crippen LogP contribution in [-0.4, -0.2) is 47.2 Å². The molecule has 0 saturated carbocycles. The molecule has 16 heavy (non-hydrogen) atoms. The molecule has 0 aromatic carbocycles. The van der Waals surface area contributed by atoms with E-state index in [1.807, 2.05) is 13.8 Å². The first-order chi connectivity index (χ1) is 7.23. The summed E-state index contributed by atoms with van der Waals surface area (Å²) in [5.41, 5.74) is 0. The second kappa shape index (κ2) is 4.98. The van der Waals surface area contributed by atoms with Gasteiger partial charge in [0, 0.05) is 6.61 Å². The molecule has 96 valence electrons. The molecule has 0 amide bonds. The lowest BCUT2D eigenvalue weighted by Gasteiger charge is -2.29. The molecule has 2 atom stereocenters. The van der Waals surface area contributed by atoms with E-state index in [1.165, 1.54) is 0 Å². The minimum absolute atomic E-state index is 0.0129. The normalized spacial score (nSPS) is 27.0. The van der Waals surface area contributed by atoms with E-state index < -0.39 is 11.6 Å². The molecule has 0 radical (unpaired) electrons. The minimum Gasteiger partial charge on any atom is -0.396 e. The van der Waals surface area contributed by atoms with Crippen LogP contribution in [0.25, 0.3) is 0 Å². The van der Waals surface area contributed by atoms with Crippen LogP contribution in [-0.2, 0) is 14.2 Å². The van der Waals surface area contributed by atoms with Crippen LogP contribution in [0.3, 0.4) is 0 Å². The van der Waals surface area contributed by atoms with Gasteiger partial charge in [0.2, 0.25) is 0 Å². The lowest BCUT2D eigenvalue weighted by molar-refractivity contribution is -0.237. The third-order valence-corrected chi connectivity index (χ3v) is 2.30. The van der Waals surface area contributed by atoms with Crippen LogP contribution >= 0.6 is 0 Å². The molecule has 5 heteroatoms. The predicted molar refractivity (Wildman–Crippen MR) is 57.8 cm³/mol. The van der Waals surface area contributed by atoms with E-state index in [0.29, 0.717) is 13.0 Å². The zero-order valence-corrected chi connectivity index (χ0v) is 10.4. The van der Waals surface area contributed by atoms with Gasteiger partial charge in [-0.05, 0) is 34.1 Å². The van der Waals surface area contributed by atoms with Gasteiger partial charge in [-0.3, -0.25) is 0 Å². The van der Waals surface area contributed by atoms with Crippen molar-refractivity contribution in [1.82, 2.24) is 0 Å². The van der Waals surface area contributed by atoms with Gasteiger partial charge in [0.25, 0.3) is 0 Å². The fraction of sp³-hybridized carbons (Fsp3) is 1.00. The molecule has 2 N–H and O–H groups in total. The van der Waals surface area contributed by atoms with Gasteiger partial charge in [0.05, 0.1) is 12.7 Å². The highest BCUT2D eigenvalue weighted by molar-refractivity contribution is 4.79. The van der Waals surface area contributed by atoms with E-state index in [0.717, 1.165) is 0 Å². The summed E-state index contributed by atoms with van der Waals surface area (Å²) in [6, 6.07) is 0. The molecule has 1 heterocycles. The van der Waals surface area contributed by atoms with Crippen molar-refractivity contribution in [2.75, 3.05) is 13.2 Å². The van der Waals surface area contributed by atoms with Crippen LogP contribution in [0.2, 0.25) is 0 Å². The number of hydrogen-bond acceptors (Lipinski definition) is 5. The summed E-state index contributed by atoms with van der Waals surface area (Å²) in [7, 11) is 0. The molecule has 0 bridgehead atoms. The minimum atomic E-state index is -1.24. The molecule has 5 nitrogen and oxygen atoms in total. The van der Waals surface area contributed by atoms with Gasteiger partial charge in [-0.15, -0.1) is 0 Å². The number of ether oxygens (including phenoxy) is 3. The van der Waals surface area contributed by atoms with Crippen LogP contribution < -0.4 is 0 Å². The maximum Gasteiger partial charge on any atom is 0.163 e. The van der Waals surface area contributed by atoms with Crippen LogP contribution in [0.5, 0.6) is 0 Å². The maximum absolute atomic E-state index is 9.60. The van der Waals surface area contributed by atoms with Gasteiger partial charge >= 0.3 is 0 Å². The van der Waals surface area contributed by atoms with Gasteiger partial charge in [-0.1, -0.05) is 0 Å². The summed E-state index contributed by atoms with van der Waals surface area (Å²) in [4.78, 5) is 0. The number of rotatable bonds is 5. The molecule has 0 aromatic rings. The lowest BCUT2D eigenvalue weighted by atomic mass is 10.1.